The van der Waals surface area contributed by atoms with Gasteiger partial charge >= 0.3 is 0 Å². The van der Waals surface area contributed by atoms with Crippen LogP contribution in [0.1, 0.15) is 11.1 Å². The first-order valence-electron chi connectivity index (χ1n) is 6.16. The second-order valence-electron chi connectivity index (χ2n) is 4.81. The third-order valence-electron chi connectivity index (χ3n) is 3.77. The minimum absolute atomic E-state index is 0.386. The van der Waals surface area contributed by atoms with Crippen LogP contribution in [-0.2, 0) is 6.42 Å². The number of fused-ring (bicyclic) bond motifs is 5. The van der Waals surface area contributed by atoms with Crippen LogP contribution in [-0.4, -0.2) is 5.11 Å². The van der Waals surface area contributed by atoms with Crippen molar-refractivity contribution in [3.05, 3.63) is 65.7 Å². The smallest absolute Gasteiger partial charge is 0.123 e. The van der Waals surface area contributed by atoms with Crippen molar-refractivity contribution in [2.24, 2.45) is 0 Å². The Labute approximate surface area is 105 Å². The maximum Gasteiger partial charge on any atom is 0.123 e. The van der Waals surface area contributed by atoms with E-state index in [4.69, 9.17) is 0 Å². The van der Waals surface area contributed by atoms with Gasteiger partial charge in [0.2, 0.25) is 0 Å². The summed E-state index contributed by atoms with van der Waals surface area (Å²) in [6.07, 6.45) is 0.921. The van der Waals surface area contributed by atoms with Crippen molar-refractivity contribution in [3.63, 3.8) is 0 Å². The molecule has 0 bridgehead atoms. The molecule has 0 atom stereocenters. The molecule has 0 saturated carbocycles. The maximum absolute atomic E-state index is 10.1. The van der Waals surface area contributed by atoms with Crippen LogP contribution in [0.3, 0.4) is 0 Å². The van der Waals surface area contributed by atoms with Crippen LogP contribution in [0.5, 0.6) is 5.75 Å². The molecule has 0 spiro atoms. The first-order valence-corrected chi connectivity index (χ1v) is 6.16. The summed E-state index contributed by atoms with van der Waals surface area (Å²) in [5.41, 5.74) is 5.18. The average molecular weight is 232 g/mol. The summed E-state index contributed by atoms with van der Waals surface area (Å²) in [5, 5.41) is 12.2. The molecular weight excluding hydrogens is 220 g/mol. The Kier molecular flexibility index (Phi) is 1.81. The predicted molar refractivity (Wildman–Crippen MR) is 73.9 cm³/mol. The first kappa shape index (κ1) is 9.72. The topological polar surface area (TPSA) is 20.2 Å². The quantitative estimate of drug-likeness (QED) is 0.483. The van der Waals surface area contributed by atoms with Crippen LogP contribution in [0, 0.1) is 0 Å². The number of benzene rings is 3. The summed E-state index contributed by atoms with van der Waals surface area (Å²) in [7, 11) is 0. The Morgan fingerprint density at radius 3 is 2.39 bits per heavy atom. The molecule has 0 radical (unpaired) electrons. The van der Waals surface area contributed by atoms with E-state index in [1.807, 2.05) is 24.3 Å². The molecule has 3 aromatic rings. The molecule has 4 rings (SSSR count). The molecule has 1 aliphatic carbocycles. The van der Waals surface area contributed by atoms with Crippen LogP contribution in [0.15, 0.2) is 54.6 Å². The van der Waals surface area contributed by atoms with Gasteiger partial charge in [0.1, 0.15) is 5.75 Å². The number of phenols is 1. The van der Waals surface area contributed by atoms with Crippen molar-refractivity contribution < 1.29 is 5.11 Å². The van der Waals surface area contributed by atoms with Crippen molar-refractivity contribution in [3.8, 4) is 16.9 Å². The lowest BCUT2D eigenvalue weighted by Crippen LogP contribution is -1.83. The Bertz CT molecular complexity index is 772. The van der Waals surface area contributed by atoms with Crippen molar-refractivity contribution in [1.29, 1.82) is 0 Å². The fourth-order valence-electron chi connectivity index (χ4n) is 2.99. The molecule has 0 saturated heterocycles. The Hall–Kier alpha value is -2.28. The largest absolute Gasteiger partial charge is 0.507 e. The maximum atomic E-state index is 10.1. The van der Waals surface area contributed by atoms with Crippen molar-refractivity contribution in [1.82, 2.24) is 0 Å². The molecule has 3 aromatic carbocycles. The molecule has 0 heterocycles. The van der Waals surface area contributed by atoms with Gasteiger partial charge in [0.25, 0.3) is 0 Å². The second-order valence-corrected chi connectivity index (χ2v) is 4.81. The van der Waals surface area contributed by atoms with E-state index in [9.17, 15) is 5.11 Å². The van der Waals surface area contributed by atoms with Gasteiger partial charge in [-0.15, -0.1) is 0 Å². The lowest BCUT2D eigenvalue weighted by atomic mass is 9.97. The summed E-state index contributed by atoms with van der Waals surface area (Å²) < 4.78 is 0. The van der Waals surface area contributed by atoms with E-state index in [-0.39, 0.29) is 0 Å². The van der Waals surface area contributed by atoms with Gasteiger partial charge in [-0.1, -0.05) is 48.5 Å². The number of rotatable bonds is 0. The first-order chi connectivity index (χ1) is 8.84. The highest BCUT2D eigenvalue weighted by molar-refractivity contribution is 6.03. The predicted octanol–water partition coefficient (Wildman–Crippen LogP) is 4.12. The Morgan fingerprint density at radius 1 is 0.778 bits per heavy atom. The van der Waals surface area contributed by atoms with Gasteiger partial charge in [0, 0.05) is 5.39 Å². The van der Waals surface area contributed by atoms with E-state index in [1.54, 1.807) is 0 Å². The fourth-order valence-corrected chi connectivity index (χ4v) is 2.99. The Morgan fingerprint density at radius 2 is 1.50 bits per heavy atom. The molecule has 18 heavy (non-hydrogen) atoms. The van der Waals surface area contributed by atoms with Gasteiger partial charge in [0.05, 0.1) is 0 Å². The Balaban J connectivity index is 2.19. The van der Waals surface area contributed by atoms with Crippen LogP contribution in [0.2, 0.25) is 0 Å². The van der Waals surface area contributed by atoms with Gasteiger partial charge < -0.3 is 5.11 Å². The van der Waals surface area contributed by atoms with Gasteiger partial charge in [-0.3, -0.25) is 0 Å². The van der Waals surface area contributed by atoms with E-state index in [2.05, 4.69) is 30.3 Å². The molecule has 0 amide bonds. The standard InChI is InChI=1S/C17H12O/c18-16-10-12-9-11-5-1-2-6-13(11)17(12)15-8-4-3-7-14(15)16/h1-8,10,18H,9H2. The van der Waals surface area contributed by atoms with E-state index >= 15 is 0 Å². The molecule has 1 heteroatoms. The van der Waals surface area contributed by atoms with E-state index in [1.165, 1.54) is 22.3 Å². The third-order valence-corrected chi connectivity index (χ3v) is 3.77. The zero-order valence-electron chi connectivity index (χ0n) is 9.85. The lowest BCUT2D eigenvalue weighted by molar-refractivity contribution is 0.481. The molecule has 1 aliphatic rings. The van der Waals surface area contributed by atoms with Crippen molar-refractivity contribution in [2.75, 3.05) is 0 Å². The molecule has 0 fully saturated rings. The van der Waals surface area contributed by atoms with Crippen LogP contribution < -0.4 is 0 Å². The second kappa shape index (κ2) is 3.36. The average Bonchev–Trinajstić information content (AvgIpc) is 2.77. The minimum atomic E-state index is 0.386. The van der Waals surface area contributed by atoms with E-state index < -0.39 is 0 Å². The highest BCUT2D eigenvalue weighted by atomic mass is 16.3. The van der Waals surface area contributed by atoms with Crippen LogP contribution in [0.25, 0.3) is 21.9 Å². The number of hydrogen-bond acceptors (Lipinski definition) is 1. The molecule has 0 aromatic heterocycles. The normalized spacial score (nSPS) is 12.4. The van der Waals surface area contributed by atoms with Gasteiger partial charge in [-0.25, -0.2) is 0 Å². The van der Waals surface area contributed by atoms with Crippen LogP contribution in [0.4, 0.5) is 0 Å². The molecule has 0 aliphatic heterocycles. The van der Waals surface area contributed by atoms with Gasteiger partial charge in [-0.05, 0) is 40.1 Å². The van der Waals surface area contributed by atoms with Crippen LogP contribution >= 0.6 is 0 Å². The monoisotopic (exact) mass is 232 g/mol. The molecular formula is C17H12O. The third kappa shape index (κ3) is 1.16. The minimum Gasteiger partial charge on any atom is -0.507 e. The number of aromatic hydroxyl groups is 1. The molecule has 1 nitrogen and oxygen atoms in total. The highest BCUT2D eigenvalue weighted by Gasteiger charge is 2.21. The molecule has 0 unspecified atom stereocenters. The van der Waals surface area contributed by atoms with Crippen molar-refractivity contribution in [2.45, 2.75) is 6.42 Å². The summed E-state index contributed by atoms with van der Waals surface area (Å²) in [6.45, 7) is 0. The SMILES string of the molecule is Oc1cc2c(c3ccccc13)-c1ccccc1C2. The summed E-state index contributed by atoms with van der Waals surface area (Å²) >= 11 is 0. The molecule has 86 valence electrons. The number of phenolic OH excluding ortho intramolecular Hbond substituents is 1. The summed E-state index contributed by atoms with van der Waals surface area (Å²) in [4.78, 5) is 0. The number of hydrogen-bond donors (Lipinski definition) is 1. The fraction of sp³-hybridized carbons (Fsp3) is 0.0588. The van der Waals surface area contributed by atoms with E-state index in [0.29, 0.717) is 5.75 Å². The van der Waals surface area contributed by atoms with Gasteiger partial charge in [0.15, 0.2) is 0 Å². The zero-order chi connectivity index (χ0) is 12.1. The lowest BCUT2D eigenvalue weighted by Gasteiger charge is -2.08. The van der Waals surface area contributed by atoms with Gasteiger partial charge in [-0.2, -0.15) is 0 Å². The van der Waals surface area contributed by atoms with Crippen molar-refractivity contribution >= 4 is 10.8 Å². The molecule has 1 N–H and O–H groups in total. The highest BCUT2D eigenvalue weighted by Crippen LogP contribution is 2.43. The van der Waals surface area contributed by atoms with E-state index in [0.717, 1.165) is 17.2 Å². The summed E-state index contributed by atoms with van der Waals surface area (Å²) in [5.74, 6) is 0.386. The zero-order valence-corrected chi connectivity index (χ0v) is 9.85. The summed E-state index contributed by atoms with van der Waals surface area (Å²) in [6, 6.07) is 18.5.